The number of H-pyrrole nitrogens is 7. The van der Waals surface area contributed by atoms with Crippen LogP contribution in [0.15, 0.2) is 316 Å². The molecule has 28 aromatic rings. The minimum Gasteiger partial charge on any atom is -0.323 e. The van der Waals surface area contributed by atoms with Gasteiger partial charge in [-0.3, -0.25) is 30.8 Å². The van der Waals surface area contributed by atoms with Gasteiger partial charge in [-0.05, 0) is 231 Å². The van der Waals surface area contributed by atoms with Crippen molar-refractivity contribution in [2.45, 2.75) is 13.8 Å². The molecule has 0 unspecified atom stereocenters. The van der Waals surface area contributed by atoms with Crippen molar-refractivity contribution in [3.8, 4) is 0 Å². The number of aromatic nitrogens is 21. The lowest BCUT2D eigenvalue weighted by atomic mass is 10.1. The maximum absolute atomic E-state index is 4.70. The fourth-order valence-electron chi connectivity index (χ4n) is 16.4. The van der Waals surface area contributed by atoms with Crippen LogP contribution >= 0.6 is 112 Å². The van der Waals surface area contributed by atoms with Gasteiger partial charge in [0.15, 0.2) is 0 Å². The van der Waals surface area contributed by atoms with Gasteiger partial charge >= 0.3 is 0 Å². The number of aryl methyl sites for hydroxylation is 2. The fourth-order valence-corrected chi connectivity index (χ4v) is 18.9. The third kappa shape index (κ3) is 13.2. The zero-order valence-corrected chi connectivity index (χ0v) is 74.6. The van der Waals surface area contributed by atoms with Crippen molar-refractivity contribution in [3.63, 3.8) is 0 Å². The standard InChI is InChI=1S/C15H13N3.2C13H7Br2N3.3C13H8BrN3.C13H9N3/c1-9-7-10(2)14-13(8-9)18-12-6-4-3-5-11(12)16-15(18)17-14;14-7-2-4-11-10(5-7)17-13-16-9-3-1-8(15)6-12(9)18(11)13;14-7-1-3-9-11(5-7)18-12-6-8(15)2-4-10(12)17-13(18)16-9;14-8-5-6-12-10(7-8)16-13-15-9-3-1-2-4-11(9)17(12)13;2*14-8-5-6-10-12(7-8)17-11-4-2-1-3-9(11)15-13(17)16-10;1-3-7-11-9(5-1)14-13-15-10-6-2-4-8-12(10)16(11)13/h3-8H,1-2H3,(H,16,17);2*1-6H,(H,16,17);3*1-7H,(H,15,16);1-8H,(H,14,15). The quantitative estimate of drug-likeness (QED) is 0.0775. The van der Waals surface area contributed by atoms with Gasteiger partial charge in [-0.25, -0.2) is 34.9 Å². The molecule has 0 radical (unpaired) electrons. The number of fused-ring (bicyclic) bond motifs is 35. The van der Waals surface area contributed by atoms with Crippen LogP contribution in [0.3, 0.4) is 0 Å². The van der Waals surface area contributed by atoms with Gasteiger partial charge in [0.05, 0.1) is 154 Å². The summed E-state index contributed by atoms with van der Waals surface area (Å²) in [5, 5.41) is 0. The first kappa shape index (κ1) is 74.6. The first-order valence-corrected chi connectivity index (χ1v) is 44.0. The molecular formula is C93H60Br7N21. The molecule has 7 N–H and O–H groups in total. The van der Waals surface area contributed by atoms with Gasteiger partial charge in [0.2, 0.25) is 40.4 Å². The van der Waals surface area contributed by atoms with Gasteiger partial charge < -0.3 is 34.9 Å². The number of aromatic amines is 7. The number of nitrogens with zero attached hydrogens (tertiary/aromatic N) is 14. The topological polar surface area (TPSA) is 232 Å². The molecular weight excluding hydrogens is 1970 g/mol. The molecule has 586 valence electrons. The van der Waals surface area contributed by atoms with Crippen molar-refractivity contribution < 1.29 is 0 Å². The summed E-state index contributed by atoms with van der Waals surface area (Å²) in [5.74, 6) is 6.23. The Morgan fingerprint density at radius 1 is 0.190 bits per heavy atom. The van der Waals surface area contributed by atoms with Crippen LogP contribution in [-0.2, 0) is 0 Å². The molecule has 121 heavy (non-hydrogen) atoms. The molecule has 0 fully saturated rings. The second-order valence-corrected chi connectivity index (χ2v) is 35.7. The van der Waals surface area contributed by atoms with Crippen LogP contribution in [0.2, 0.25) is 0 Å². The average molecular weight is 2030 g/mol. The Morgan fingerprint density at radius 2 is 0.430 bits per heavy atom. The fraction of sp³-hybridized carbons (Fsp3) is 0.0215. The summed E-state index contributed by atoms with van der Waals surface area (Å²) < 4.78 is 22.5. The number of halogens is 7. The Hall–Kier alpha value is -12.7. The molecule has 28 heteroatoms. The van der Waals surface area contributed by atoms with E-state index < -0.39 is 0 Å². The van der Waals surface area contributed by atoms with E-state index in [9.17, 15) is 0 Å². The molecule has 21 nitrogen and oxygen atoms in total. The van der Waals surface area contributed by atoms with Gasteiger partial charge in [-0.2, -0.15) is 0 Å². The molecule has 0 aliphatic heterocycles. The predicted molar refractivity (Wildman–Crippen MR) is 515 cm³/mol. The average Bonchev–Trinajstić information content (AvgIpc) is 1.40. The third-order valence-corrected chi connectivity index (χ3v) is 25.0. The molecule has 0 amide bonds. The first-order chi connectivity index (χ1) is 59.1. The summed E-state index contributed by atoms with van der Waals surface area (Å²) in [6.45, 7) is 4.24. The minimum atomic E-state index is 0.871. The molecule has 0 aliphatic rings. The number of rotatable bonds is 0. The Kier molecular flexibility index (Phi) is 18.5. The van der Waals surface area contributed by atoms with Crippen molar-refractivity contribution in [2.75, 3.05) is 0 Å². The van der Waals surface area contributed by atoms with E-state index in [-0.39, 0.29) is 0 Å². The van der Waals surface area contributed by atoms with E-state index in [4.69, 9.17) is 4.98 Å². The van der Waals surface area contributed by atoms with Crippen molar-refractivity contribution >= 4 is 306 Å². The second-order valence-electron chi connectivity index (χ2n) is 29.3. The number of nitrogens with one attached hydrogen (secondary N) is 7. The van der Waals surface area contributed by atoms with Crippen molar-refractivity contribution in [2.24, 2.45) is 0 Å². The largest absolute Gasteiger partial charge is 0.323 e. The number of hydrogen-bond donors (Lipinski definition) is 7. The van der Waals surface area contributed by atoms with E-state index in [1.54, 1.807) is 0 Å². The second kappa shape index (κ2) is 29.9. The van der Waals surface area contributed by atoms with E-state index in [0.717, 1.165) is 210 Å². The van der Waals surface area contributed by atoms with Crippen LogP contribution in [0, 0.1) is 13.8 Å². The Morgan fingerprint density at radius 3 is 0.793 bits per heavy atom. The van der Waals surface area contributed by atoms with Gasteiger partial charge in [0.25, 0.3) is 0 Å². The van der Waals surface area contributed by atoms with Crippen LogP contribution in [0.1, 0.15) is 11.1 Å². The van der Waals surface area contributed by atoms with Gasteiger partial charge in [0.1, 0.15) is 0 Å². The summed E-state index contributed by atoms with van der Waals surface area (Å²) in [6.07, 6.45) is 0. The van der Waals surface area contributed by atoms with Crippen LogP contribution in [0.5, 0.6) is 0 Å². The molecule has 0 atom stereocenters. The van der Waals surface area contributed by atoms with Gasteiger partial charge in [-0.15, -0.1) is 0 Å². The normalized spacial score (nSPS) is 11.8. The van der Waals surface area contributed by atoms with Crippen LogP contribution < -0.4 is 0 Å². The van der Waals surface area contributed by atoms with Crippen LogP contribution in [-0.4, -0.2) is 101 Å². The highest BCUT2D eigenvalue weighted by atomic mass is 79.9. The van der Waals surface area contributed by atoms with Crippen molar-refractivity contribution in [3.05, 3.63) is 328 Å². The minimum absolute atomic E-state index is 0.871. The first-order valence-electron chi connectivity index (χ1n) is 38.4. The molecule has 14 heterocycles. The molecule has 0 aliphatic carbocycles. The molecule has 14 aromatic heterocycles. The molecule has 14 aromatic carbocycles. The number of para-hydroxylation sites is 12. The highest BCUT2D eigenvalue weighted by Gasteiger charge is 2.19. The van der Waals surface area contributed by atoms with E-state index >= 15 is 0 Å². The summed E-state index contributed by atoms with van der Waals surface area (Å²) in [7, 11) is 0. The maximum Gasteiger partial charge on any atom is 0.213 e. The molecule has 28 rings (SSSR count). The highest BCUT2D eigenvalue weighted by molar-refractivity contribution is 9.11. The maximum atomic E-state index is 4.70. The zero-order chi connectivity index (χ0) is 81.6. The lowest BCUT2D eigenvalue weighted by Gasteiger charge is -1.99. The summed E-state index contributed by atoms with van der Waals surface area (Å²) in [4.78, 5) is 55.5. The lowest BCUT2D eigenvalue weighted by molar-refractivity contribution is 1.27. The monoisotopic (exact) mass is 2020 g/mol. The smallest absolute Gasteiger partial charge is 0.213 e. The van der Waals surface area contributed by atoms with E-state index in [1.807, 2.05) is 146 Å². The SMILES string of the molecule is Brc1ccc2c(c1)[nH]c1nc3ccc(Br)cc3n12.Brc1ccc2c(c1)[nH]c1nc3ccccc3n12.Brc1ccc2nc3[nH]c4ccc(Br)cc4n3c2c1.Brc1ccc2nc3[nH]c4ccccc4n3c2c1.Brc1ccc2nc3[nH]c4ccccc4n3c2c1.Cc1cc(C)c2nc3[nH]c4ccccc4n3c2c1.c1ccc2c(c1)nc1[nH]c3ccccc3n12. The molecule has 0 spiro atoms. The van der Waals surface area contributed by atoms with Crippen LogP contribution in [0.4, 0.5) is 0 Å². The lowest BCUT2D eigenvalue weighted by Crippen LogP contribution is -1.83. The van der Waals surface area contributed by atoms with E-state index in [1.165, 1.54) is 27.7 Å². The zero-order valence-electron chi connectivity index (χ0n) is 63.5. The molecule has 0 bridgehead atoms. The highest BCUT2D eigenvalue weighted by Crippen LogP contribution is 2.34. The number of benzene rings is 14. The predicted octanol–water partition coefficient (Wildman–Crippen LogP) is 26.7. The van der Waals surface area contributed by atoms with Crippen molar-refractivity contribution in [1.29, 1.82) is 0 Å². The summed E-state index contributed by atoms with van der Waals surface area (Å²) >= 11 is 24.5. The van der Waals surface area contributed by atoms with E-state index in [2.05, 4.69) is 360 Å². The Balaban J connectivity index is 0.0000000846. The Labute approximate surface area is 741 Å². The molecule has 0 saturated carbocycles. The Bertz CT molecular complexity index is 8710. The van der Waals surface area contributed by atoms with E-state index in [0.29, 0.717) is 0 Å². The number of hydrogen-bond acceptors (Lipinski definition) is 7. The van der Waals surface area contributed by atoms with Crippen LogP contribution in [0.25, 0.3) is 195 Å². The third-order valence-electron chi connectivity index (χ3n) is 21.6. The van der Waals surface area contributed by atoms with Gasteiger partial charge in [0, 0.05) is 31.3 Å². The van der Waals surface area contributed by atoms with Crippen molar-refractivity contribution in [1.82, 2.24) is 101 Å². The molecule has 0 saturated heterocycles. The van der Waals surface area contributed by atoms with Gasteiger partial charge in [-0.1, -0.05) is 190 Å². The summed E-state index contributed by atoms with van der Waals surface area (Å²) in [6, 6.07) is 96.8. The number of imidazole rings is 14. The summed E-state index contributed by atoms with van der Waals surface area (Å²) in [5.41, 5.74) is 33.3.